The number of para-hydroxylation sites is 1. The lowest BCUT2D eigenvalue weighted by Crippen LogP contribution is -2.26. The molecule has 0 aliphatic heterocycles. The van der Waals surface area contributed by atoms with Crippen LogP contribution in [0.4, 0.5) is 15.9 Å². The summed E-state index contributed by atoms with van der Waals surface area (Å²) in [5, 5.41) is 14.9. The second-order valence-electron chi connectivity index (χ2n) is 5.70. The van der Waals surface area contributed by atoms with Crippen LogP contribution in [0.15, 0.2) is 60.9 Å². The molecule has 134 valence electrons. The molecule has 0 saturated heterocycles. The van der Waals surface area contributed by atoms with Crippen molar-refractivity contribution in [2.75, 3.05) is 11.9 Å². The number of carbonyl (C=O) groups is 1. The fourth-order valence-electron chi connectivity index (χ4n) is 2.44. The molecule has 3 rings (SSSR count). The number of carbonyl (C=O) groups excluding carboxylic acids is 1. The van der Waals surface area contributed by atoms with Crippen molar-refractivity contribution >= 4 is 17.4 Å². The first-order valence-electron chi connectivity index (χ1n) is 8.26. The van der Waals surface area contributed by atoms with Crippen LogP contribution in [0.25, 0.3) is 0 Å². The summed E-state index contributed by atoms with van der Waals surface area (Å²) in [5.41, 5.74) is 2.21. The molecule has 1 amide bonds. The molecule has 2 N–H and O–H groups in total. The minimum atomic E-state index is -0.337. The van der Waals surface area contributed by atoms with E-state index < -0.39 is 0 Å². The maximum atomic E-state index is 12.9. The quantitative estimate of drug-likeness (QED) is 0.704. The first-order chi connectivity index (χ1) is 13.2. The Kier molecular flexibility index (Phi) is 5.70. The summed E-state index contributed by atoms with van der Waals surface area (Å²) in [6, 6.07) is 16.8. The molecule has 0 fully saturated rings. The molecule has 1 aromatic heterocycles. The second kappa shape index (κ2) is 8.54. The van der Waals surface area contributed by atoms with Crippen molar-refractivity contribution in [3.63, 3.8) is 0 Å². The number of nitriles is 1. The zero-order chi connectivity index (χ0) is 19.1. The van der Waals surface area contributed by atoms with Crippen LogP contribution in [-0.4, -0.2) is 22.4 Å². The maximum absolute atomic E-state index is 12.9. The Morgan fingerprint density at radius 1 is 1.11 bits per heavy atom. The van der Waals surface area contributed by atoms with Crippen LogP contribution in [0.5, 0.6) is 0 Å². The van der Waals surface area contributed by atoms with E-state index in [2.05, 4.69) is 26.7 Å². The van der Waals surface area contributed by atoms with Crippen molar-refractivity contribution < 1.29 is 9.18 Å². The van der Waals surface area contributed by atoms with Crippen molar-refractivity contribution in [3.05, 3.63) is 83.6 Å². The summed E-state index contributed by atoms with van der Waals surface area (Å²) >= 11 is 0. The van der Waals surface area contributed by atoms with Gasteiger partial charge in [-0.25, -0.2) is 14.4 Å². The average Bonchev–Trinajstić information content (AvgIpc) is 2.70. The van der Waals surface area contributed by atoms with Gasteiger partial charge in [-0.05, 0) is 36.2 Å². The predicted octanol–water partition coefficient (Wildman–Crippen LogP) is 3.20. The Labute approximate surface area is 155 Å². The number of anilines is 2. The third kappa shape index (κ3) is 4.86. The van der Waals surface area contributed by atoms with E-state index in [1.165, 1.54) is 24.5 Å². The van der Waals surface area contributed by atoms with Gasteiger partial charge >= 0.3 is 0 Å². The van der Waals surface area contributed by atoms with Crippen molar-refractivity contribution in [2.45, 2.75) is 6.42 Å². The van der Waals surface area contributed by atoms with E-state index in [0.29, 0.717) is 30.0 Å². The zero-order valence-electron chi connectivity index (χ0n) is 14.3. The van der Waals surface area contributed by atoms with E-state index >= 15 is 0 Å². The van der Waals surface area contributed by atoms with Crippen LogP contribution < -0.4 is 10.6 Å². The Bertz CT molecular complexity index is 982. The van der Waals surface area contributed by atoms with Gasteiger partial charge < -0.3 is 10.6 Å². The molecule has 6 nitrogen and oxygen atoms in total. The van der Waals surface area contributed by atoms with E-state index in [9.17, 15) is 9.18 Å². The number of aromatic nitrogens is 2. The van der Waals surface area contributed by atoms with Crippen LogP contribution in [0, 0.1) is 17.1 Å². The summed E-state index contributed by atoms with van der Waals surface area (Å²) in [7, 11) is 0. The number of amides is 1. The number of nitrogens with zero attached hydrogens (tertiary/aromatic N) is 3. The highest BCUT2D eigenvalue weighted by Gasteiger charge is 2.09. The second-order valence-corrected chi connectivity index (χ2v) is 5.70. The molecule has 0 atom stereocenters. The van der Waals surface area contributed by atoms with Crippen LogP contribution >= 0.6 is 0 Å². The molecular formula is C20H16FN5O. The van der Waals surface area contributed by atoms with Gasteiger partial charge in [0.05, 0.1) is 11.3 Å². The van der Waals surface area contributed by atoms with Gasteiger partial charge in [-0.1, -0.05) is 24.3 Å². The summed E-state index contributed by atoms with van der Waals surface area (Å²) in [5.74, 6) is -0.214. The molecule has 0 spiro atoms. The standard InChI is InChI=1S/C20H16FN5O/c21-16-7-5-14(6-8-16)9-10-23-20(27)18-11-19(25-13-24-18)26-17-4-2-1-3-15(17)12-22/h1-8,11,13H,9-10H2,(H,23,27)(H,24,25,26). The van der Waals surface area contributed by atoms with E-state index in [0.717, 1.165) is 5.56 Å². The Morgan fingerprint density at radius 3 is 2.67 bits per heavy atom. The highest BCUT2D eigenvalue weighted by atomic mass is 19.1. The molecule has 2 aromatic carbocycles. The maximum Gasteiger partial charge on any atom is 0.270 e. The number of halogens is 1. The van der Waals surface area contributed by atoms with Crippen molar-refractivity contribution in [3.8, 4) is 6.07 Å². The molecule has 0 bridgehead atoms. The first-order valence-corrected chi connectivity index (χ1v) is 8.26. The summed E-state index contributed by atoms with van der Waals surface area (Å²) in [4.78, 5) is 20.3. The van der Waals surface area contributed by atoms with Gasteiger partial charge in [-0.2, -0.15) is 5.26 Å². The van der Waals surface area contributed by atoms with Gasteiger partial charge in [-0.3, -0.25) is 4.79 Å². The monoisotopic (exact) mass is 361 g/mol. The van der Waals surface area contributed by atoms with Gasteiger partial charge in [0.25, 0.3) is 5.91 Å². The van der Waals surface area contributed by atoms with Crippen LogP contribution in [0.1, 0.15) is 21.6 Å². The largest absolute Gasteiger partial charge is 0.350 e. The third-order valence-corrected chi connectivity index (χ3v) is 3.82. The number of nitrogens with one attached hydrogen (secondary N) is 2. The van der Waals surface area contributed by atoms with Gasteiger partial charge in [-0.15, -0.1) is 0 Å². The molecule has 0 saturated carbocycles. The molecule has 3 aromatic rings. The predicted molar refractivity (Wildman–Crippen MR) is 98.9 cm³/mol. The van der Waals surface area contributed by atoms with Gasteiger partial charge in [0.1, 0.15) is 29.7 Å². The highest BCUT2D eigenvalue weighted by molar-refractivity contribution is 5.93. The minimum Gasteiger partial charge on any atom is -0.350 e. The van der Waals surface area contributed by atoms with E-state index in [1.807, 2.05) is 0 Å². The SMILES string of the molecule is N#Cc1ccccc1Nc1cc(C(=O)NCCc2ccc(F)cc2)ncn1. The summed E-state index contributed by atoms with van der Waals surface area (Å²) < 4.78 is 12.9. The Morgan fingerprint density at radius 2 is 1.89 bits per heavy atom. The topological polar surface area (TPSA) is 90.7 Å². The summed E-state index contributed by atoms with van der Waals surface area (Å²) in [6.45, 7) is 0.397. The van der Waals surface area contributed by atoms with Gasteiger partial charge in [0, 0.05) is 12.6 Å². The van der Waals surface area contributed by atoms with E-state index in [-0.39, 0.29) is 17.4 Å². The van der Waals surface area contributed by atoms with E-state index in [1.54, 1.807) is 36.4 Å². The summed E-state index contributed by atoms with van der Waals surface area (Å²) in [6.07, 6.45) is 1.87. The van der Waals surface area contributed by atoms with Gasteiger partial charge in [0.15, 0.2) is 0 Å². The minimum absolute atomic E-state index is 0.209. The molecule has 0 aliphatic rings. The Hall–Kier alpha value is -3.79. The van der Waals surface area contributed by atoms with Crippen LogP contribution in [-0.2, 0) is 6.42 Å². The normalized spacial score (nSPS) is 10.1. The smallest absolute Gasteiger partial charge is 0.270 e. The number of hydrogen-bond acceptors (Lipinski definition) is 5. The zero-order valence-corrected chi connectivity index (χ0v) is 14.3. The number of benzene rings is 2. The highest BCUT2D eigenvalue weighted by Crippen LogP contribution is 2.18. The van der Waals surface area contributed by atoms with Crippen molar-refractivity contribution in [1.29, 1.82) is 5.26 Å². The van der Waals surface area contributed by atoms with Crippen LogP contribution in [0.3, 0.4) is 0 Å². The third-order valence-electron chi connectivity index (χ3n) is 3.82. The first kappa shape index (κ1) is 18.0. The van der Waals surface area contributed by atoms with Gasteiger partial charge in [0.2, 0.25) is 0 Å². The number of rotatable bonds is 6. The molecule has 1 heterocycles. The molecule has 0 aliphatic carbocycles. The fourth-order valence-corrected chi connectivity index (χ4v) is 2.44. The molecule has 27 heavy (non-hydrogen) atoms. The van der Waals surface area contributed by atoms with Crippen molar-refractivity contribution in [1.82, 2.24) is 15.3 Å². The fraction of sp³-hybridized carbons (Fsp3) is 0.100. The molecular weight excluding hydrogens is 345 g/mol. The number of hydrogen-bond donors (Lipinski definition) is 2. The van der Waals surface area contributed by atoms with Crippen LogP contribution in [0.2, 0.25) is 0 Å². The molecule has 7 heteroatoms. The average molecular weight is 361 g/mol. The van der Waals surface area contributed by atoms with Crippen molar-refractivity contribution in [2.24, 2.45) is 0 Å². The lowest BCUT2D eigenvalue weighted by atomic mass is 10.1. The lowest BCUT2D eigenvalue weighted by Gasteiger charge is -2.09. The lowest BCUT2D eigenvalue weighted by molar-refractivity contribution is 0.0949. The Balaban J connectivity index is 1.61. The van der Waals surface area contributed by atoms with E-state index in [4.69, 9.17) is 5.26 Å². The molecule has 0 radical (unpaired) electrons. The molecule has 0 unspecified atom stereocenters.